The molecular weight excluding hydrogens is 340 g/mol. The van der Waals surface area contributed by atoms with Gasteiger partial charge in [0.2, 0.25) is 0 Å². The van der Waals surface area contributed by atoms with Crippen LogP contribution in [0.4, 0.5) is 4.79 Å². The van der Waals surface area contributed by atoms with Gasteiger partial charge in [-0.05, 0) is 0 Å². The molecule has 0 aromatic heterocycles. The summed E-state index contributed by atoms with van der Waals surface area (Å²) >= 11 is 0. The van der Waals surface area contributed by atoms with Crippen LogP contribution >= 0.6 is 0 Å². The lowest BCUT2D eigenvalue weighted by Gasteiger charge is -2.40. The van der Waals surface area contributed by atoms with E-state index in [9.17, 15) is 29.7 Å². The van der Waals surface area contributed by atoms with Crippen molar-refractivity contribution < 1.29 is 39.5 Å². The monoisotopic (exact) mass is 360 g/mol. The predicted octanol–water partition coefficient (Wildman–Crippen LogP) is -4.18. The lowest BCUT2D eigenvalue weighted by molar-refractivity contribution is -0.254. The van der Waals surface area contributed by atoms with Crippen molar-refractivity contribution in [2.24, 2.45) is 4.99 Å². The second kappa shape index (κ2) is 7.51. The Morgan fingerprint density at radius 2 is 1.64 bits per heavy atom. The Kier molecular flexibility index (Phi) is 5.82. The van der Waals surface area contributed by atoms with Crippen LogP contribution in [0.2, 0.25) is 0 Å². The van der Waals surface area contributed by atoms with E-state index in [1.54, 1.807) is 0 Å². The summed E-state index contributed by atoms with van der Waals surface area (Å²) in [7, 11) is 2.40. The van der Waals surface area contributed by atoms with Crippen LogP contribution in [0.5, 0.6) is 0 Å². The molecular formula is C13H20N4O8. The zero-order valence-electron chi connectivity index (χ0n) is 13.6. The first-order valence-electron chi connectivity index (χ1n) is 7.39. The molecule has 2 aliphatic rings. The van der Waals surface area contributed by atoms with E-state index in [0.29, 0.717) is 0 Å². The van der Waals surface area contributed by atoms with E-state index in [1.165, 1.54) is 14.1 Å². The fourth-order valence-electron chi connectivity index (χ4n) is 2.49. The second-order valence-corrected chi connectivity index (χ2v) is 5.63. The molecule has 140 valence electrons. The number of carbonyl (C=O) groups excluding carboxylic acids is 3. The number of rotatable bonds is 4. The van der Waals surface area contributed by atoms with Gasteiger partial charge in [-0.1, -0.05) is 0 Å². The molecule has 0 bridgehead atoms. The molecule has 2 aliphatic heterocycles. The highest BCUT2D eigenvalue weighted by Gasteiger charge is 2.43. The fourth-order valence-corrected chi connectivity index (χ4v) is 2.49. The number of ether oxygens (including phenoxy) is 1. The Bertz CT molecular complexity index is 571. The number of hydrogen-bond donors (Lipinski definition) is 5. The van der Waals surface area contributed by atoms with Gasteiger partial charge in [-0.2, -0.15) is 0 Å². The molecule has 0 spiro atoms. The number of hydrogen-bond acceptors (Lipinski definition) is 10. The van der Waals surface area contributed by atoms with Crippen LogP contribution in [0.15, 0.2) is 4.99 Å². The highest BCUT2D eigenvalue weighted by Crippen LogP contribution is 2.19. The molecule has 12 nitrogen and oxygen atoms in total. The number of barbiturate groups is 1. The molecule has 0 saturated carbocycles. The van der Waals surface area contributed by atoms with Gasteiger partial charge in [0, 0.05) is 14.1 Å². The molecule has 4 amide bonds. The smallest absolute Gasteiger partial charge is 0.333 e. The first kappa shape index (κ1) is 19.4. The average Bonchev–Trinajstić information content (AvgIpc) is 2.60. The van der Waals surface area contributed by atoms with Gasteiger partial charge < -0.3 is 25.2 Å². The van der Waals surface area contributed by atoms with E-state index in [4.69, 9.17) is 9.84 Å². The van der Waals surface area contributed by atoms with E-state index in [1.807, 2.05) is 0 Å². The Balaban J connectivity index is 2.05. The maximum atomic E-state index is 11.9. The zero-order valence-corrected chi connectivity index (χ0v) is 13.6. The summed E-state index contributed by atoms with van der Waals surface area (Å²) in [5.41, 5.74) is -0.494. The van der Waals surface area contributed by atoms with Crippen molar-refractivity contribution in [1.29, 1.82) is 0 Å². The molecule has 2 heterocycles. The highest BCUT2D eigenvalue weighted by molar-refractivity contribution is 6.68. The van der Waals surface area contributed by atoms with E-state index in [2.05, 4.69) is 10.3 Å². The SMILES string of the molecule is CN1C(=O)C(=NCN[C@@H]2[C@@H](O)[C@H](O)[C@@H](CO)O[C@@H]2O)C(=O)N(C)C1=O. The first-order valence-corrected chi connectivity index (χ1v) is 7.39. The molecule has 2 rings (SSSR count). The predicted molar refractivity (Wildman–Crippen MR) is 80.1 cm³/mol. The molecule has 2 fully saturated rings. The van der Waals surface area contributed by atoms with Crippen LogP contribution in [0.3, 0.4) is 0 Å². The number of imide groups is 2. The van der Waals surface area contributed by atoms with Crippen LogP contribution in [0.25, 0.3) is 0 Å². The van der Waals surface area contributed by atoms with Gasteiger partial charge in [0.1, 0.15) is 18.3 Å². The summed E-state index contributed by atoms with van der Waals surface area (Å²) in [5.74, 6) is -1.76. The third kappa shape index (κ3) is 3.53. The second-order valence-electron chi connectivity index (χ2n) is 5.63. The number of urea groups is 1. The molecule has 0 aliphatic carbocycles. The van der Waals surface area contributed by atoms with Gasteiger partial charge in [0.15, 0.2) is 12.0 Å². The van der Waals surface area contributed by atoms with E-state index >= 15 is 0 Å². The summed E-state index contributed by atoms with van der Waals surface area (Å²) in [6.45, 7) is -0.971. The topological polar surface area (TPSA) is 172 Å². The normalized spacial score (nSPS) is 33.9. The minimum atomic E-state index is -1.56. The summed E-state index contributed by atoms with van der Waals surface area (Å²) in [6.07, 6.45) is -5.64. The quantitative estimate of drug-likeness (QED) is 0.333. The summed E-state index contributed by atoms with van der Waals surface area (Å²) in [4.78, 5) is 40.7. The number of aliphatic hydroxyl groups excluding tert-OH is 4. The maximum Gasteiger partial charge on any atom is 0.333 e. The minimum absolute atomic E-state index is 0.374. The molecule has 0 unspecified atom stereocenters. The number of amides is 4. The van der Waals surface area contributed by atoms with Crippen LogP contribution in [-0.4, -0.2) is 112 Å². The van der Waals surface area contributed by atoms with Gasteiger partial charge in [-0.25, -0.2) is 4.79 Å². The third-order valence-electron chi connectivity index (χ3n) is 4.05. The summed E-state index contributed by atoms with van der Waals surface area (Å²) in [5, 5.41) is 41.1. The van der Waals surface area contributed by atoms with Gasteiger partial charge in [-0.15, -0.1) is 0 Å². The van der Waals surface area contributed by atoms with Crippen molar-refractivity contribution in [3.63, 3.8) is 0 Å². The number of nitrogens with zero attached hydrogens (tertiary/aromatic N) is 3. The van der Waals surface area contributed by atoms with Crippen LogP contribution in [-0.2, 0) is 14.3 Å². The maximum absolute atomic E-state index is 11.9. The largest absolute Gasteiger partial charge is 0.394 e. The zero-order chi connectivity index (χ0) is 18.9. The Labute approximate surface area is 142 Å². The molecule has 12 heteroatoms. The van der Waals surface area contributed by atoms with E-state index in [-0.39, 0.29) is 6.67 Å². The summed E-state index contributed by atoms with van der Waals surface area (Å²) in [6, 6.07) is -1.96. The lowest BCUT2D eigenvalue weighted by atomic mass is 9.97. The van der Waals surface area contributed by atoms with E-state index < -0.39 is 60.8 Å². The third-order valence-corrected chi connectivity index (χ3v) is 4.05. The highest BCUT2D eigenvalue weighted by atomic mass is 16.6. The molecule has 2 saturated heterocycles. The van der Waals surface area contributed by atoms with Crippen molar-refractivity contribution in [3.8, 4) is 0 Å². The molecule has 25 heavy (non-hydrogen) atoms. The van der Waals surface area contributed by atoms with Gasteiger partial charge in [-0.3, -0.25) is 29.7 Å². The van der Waals surface area contributed by atoms with Gasteiger partial charge in [0.05, 0.1) is 19.3 Å². The van der Waals surface area contributed by atoms with Gasteiger partial charge >= 0.3 is 6.03 Å². The molecule has 5 N–H and O–H groups in total. The summed E-state index contributed by atoms with van der Waals surface area (Å²) < 4.78 is 4.95. The standard InChI is InChI=1S/C13H20N4O8/c1-16-10(21)7(11(22)17(2)13(16)24)15-4-14-6-9(20)8(19)5(3-18)25-12(6)23/h5-6,8-9,12,14,18-20,23H,3-4H2,1-2H3/t5-,6-,8-,9-,12+/m1/s1. The number of aliphatic imine (C=N–C) groups is 1. The lowest BCUT2D eigenvalue weighted by Crippen LogP contribution is -2.63. The molecule has 5 atom stereocenters. The fraction of sp³-hybridized carbons (Fsp3) is 0.692. The van der Waals surface area contributed by atoms with Crippen molar-refractivity contribution in [2.45, 2.75) is 30.6 Å². The van der Waals surface area contributed by atoms with Gasteiger partial charge in [0.25, 0.3) is 11.8 Å². The molecule has 0 radical (unpaired) electrons. The molecule has 0 aromatic carbocycles. The number of nitrogens with one attached hydrogen (secondary N) is 1. The number of aliphatic hydroxyl groups is 4. The number of carbonyl (C=O) groups is 3. The first-order chi connectivity index (χ1) is 11.7. The molecule has 0 aromatic rings. The average molecular weight is 360 g/mol. The Hall–Kier alpha value is -1.96. The van der Waals surface area contributed by atoms with Crippen LogP contribution in [0, 0.1) is 0 Å². The van der Waals surface area contributed by atoms with E-state index in [0.717, 1.165) is 9.80 Å². The van der Waals surface area contributed by atoms with Crippen molar-refractivity contribution in [2.75, 3.05) is 27.4 Å². The Morgan fingerprint density at radius 3 is 2.16 bits per heavy atom. The van der Waals surface area contributed by atoms with Crippen molar-refractivity contribution in [1.82, 2.24) is 15.1 Å². The van der Waals surface area contributed by atoms with Crippen molar-refractivity contribution in [3.05, 3.63) is 0 Å². The van der Waals surface area contributed by atoms with Crippen LogP contribution < -0.4 is 5.32 Å². The Morgan fingerprint density at radius 1 is 1.08 bits per heavy atom. The van der Waals surface area contributed by atoms with Crippen LogP contribution in [0.1, 0.15) is 0 Å². The minimum Gasteiger partial charge on any atom is -0.394 e. The van der Waals surface area contributed by atoms with Crippen molar-refractivity contribution >= 4 is 23.6 Å².